The van der Waals surface area contributed by atoms with Crippen LogP contribution in [0.1, 0.15) is 41.9 Å². The molecule has 5 heteroatoms. The molecule has 0 atom stereocenters. The molecule has 0 aliphatic heterocycles. The van der Waals surface area contributed by atoms with Gasteiger partial charge in [0, 0.05) is 18.7 Å². The summed E-state index contributed by atoms with van der Waals surface area (Å²) in [5.74, 6) is 0.00930. The molecule has 1 aromatic rings. The van der Waals surface area contributed by atoms with Crippen molar-refractivity contribution in [1.29, 1.82) is 0 Å². The highest BCUT2D eigenvalue weighted by atomic mass is 32.1. The zero-order chi connectivity index (χ0) is 13.8. The van der Waals surface area contributed by atoms with Crippen molar-refractivity contribution in [2.75, 3.05) is 7.11 Å². The van der Waals surface area contributed by atoms with Gasteiger partial charge in [-0.1, -0.05) is 0 Å². The van der Waals surface area contributed by atoms with Crippen molar-refractivity contribution >= 4 is 17.2 Å². The number of hydrogen-bond donors (Lipinski definition) is 1. The number of nitrogens with one attached hydrogen (secondary N) is 1. The van der Waals surface area contributed by atoms with Crippen LogP contribution in [0.2, 0.25) is 0 Å². The van der Waals surface area contributed by atoms with Crippen molar-refractivity contribution in [3.63, 3.8) is 0 Å². The fourth-order valence-corrected chi connectivity index (χ4v) is 3.05. The van der Waals surface area contributed by atoms with Crippen molar-refractivity contribution in [1.82, 2.24) is 5.32 Å². The van der Waals surface area contributed by atoms with E-state index in [2.05, 4.69) is 5.32 Å². The van der Waals surface area contributed by atoms with E-state index in [1.807, 2.05) is 25.3 Å². The number of thiophene rings is 1. The number of ether oxygens (including phenoxy) is 2. The SMILES string of the molecule is COCc1ccsc1C(=O)NC1CC(OC(C)C)C1. The Kier molecular flexibility index (Phi) is 4.96. The van der Waals surface area contributed by atoms with Crippen LogP contribution in [0.5, 0.6) is 0 Å². The quantitative estimate of drug-likeness (QED) is 0.873. The van der Waals surface area contributed by atoms with Crippen LogP contribution in [-0.2, 0) is 16.1 Å². The second-order valence-corrected chi connectivity index (χ2v) is 6.07. The van der Waals surface area contributed by atoms with Gasteiger partial charge in [-0.15, -0.1) is 11.3 Å². The molecule has 106 valence electrons. The fraction of sp³-hybridized carbons (Fsp3) is 0.643. The molecular formula is C14H21NO3S. The van der Waals surface area contributed by atoms with Crippen molar-refractivity contribution in [2.45, 2.75) is 51.5 Å². The minimum Gasteiger partial charge on any atom is -0.380 e. The Morgan fingerprint density at radius 2 is 2.26 bits per heavy atom. The van der Waals surface area contributed by atoms with E-state index in [-0.39, 0.29) is 18.1 Å². The summed E-state index contributed by atoms with van der Waals surface area (Å²) in [7, 11) is 1.64. The number of carbonyl (C=O) groups is 1. The molecule has 1 heterocycles. The molecule has 19 heavy (non-hydrogen) atoms. The Morgan fingerprint density at radius 3 is 2.89 bits per heavy atom. The van der Waals surface area contributed by atoms with Crippen LogP contribution in [-0.4, -0.2) is 31.3 Å². The van der Waals surface area contributed by atoms with E-state index in [0.29, 0.717) is 12.7 Å². The highest BCUT2D eigenvalue weighted by molar-refractivity contribution is 7.12. The Balaban J connectivity index is 1.81. The molecule has 0 unspecified atom stereocenters. The second kappa shape index (κ2) is 6.50. The molecular weight excluding hydrogens is 262 g/mol. The van der Waals surface area contributed by atoms with Crippen molar-refractivity contribution in [3.05, 3.63) is 21.9 Å². The molecule has 0 spiro atoms. The van der Waals surface area contributed by atoms with Crippen molar-refractivity contribution < 1.29 is 14.3 Å². The zero-order valence-electron chi connectivity index (χ0n) is 11.6. The maximum atomic E-state index is 12.1. The van der Waals surface area contributed by atoms with Gasteiger partial charge in [0.2, 0.25) is 0 Å². The van der Waals surface area contributed by atoms with Crippen molar-refractivity contribution in [3.8, 4) is 0 Å². The third-order valence-electron chi connectivity index (χ3n) is 3.15. The molecule has 0 bridgehead atoms. The number of carbonyl (C=O) groups excluding carboxylic acids is 1. The number of hydrogen-bond acceptors (Lipinski definition) is 4. The maximum Gasteiger partial charge on any atom is 0.261 e. The van der Waals surface area contributed by atoms with Crippen LogP contribution in [0.15, 0.2) is 11.4 Å². The molecule has 0 aromatic carbocycles. The molecule has 1 N–H and O–H groups in total. The van der Waals surface area contributed by atoms with Gasteiger partial charge in [0.05, 0.1) is 23.7 Å². The van der Waals surface area contributed by atoms with E-state index in [9.17, 15) is 4.79 Å². The van der Waals surface area contributed by atoms with Gasteiger partial charge in [-0.25, -0.2) is 0 Å². The van der Waals surface area contributed by atoms with Gasteiger partial charge in [0.25, 0.3) is 5.91 Å². The second-order valence-electron chi connectivity index (χ2n) is 5.16. The first-order valence-corrected chi connectivity index (χ1v) is 7.49. The molecule has 1 aromatic heterocycles. The van der Waals surface area contributed by atoms with Crippen LogP contribution in [0, 0.1) is 0 Å². The van der Waals surface area contributed by atoms with E-state index < -0.39 is 0 Å². The largest absolute Gasteiger partial charge is 0.380 e. The zero-order valence-corrected chi connectivity index (χ0v) is 12.5. The Hall–Kier alpha value is -0.910. The van der Waals surface area contributed by atoms with E-state index in [1.54, 1.807) is 7.11 Å². The smallest absolute Gasteiger partial charge is 0.261 e. The summed E-state index contributed by atoms with van der Waals surface area (Å²) in [6, 6.07) is 2.18. The topological polar surface area (TPSA) is 47.6 Å². The number of amides is 1. The lowest BCUT2D eigenvalue weighted by molar-refractivity contribution is -0.0482. The van der Waals surface area contributed by atoms with Crippen LogP contribution in [0.4, 0.5) is 0 Å². The van der Waals surface area contributed by atoms with Crippen LogP contribution in [0.3, 0.4) is 0 Å². The number of methoxy groups -OCH3 is 1. The molecule has 0 radical (unpaired) electrons. The predicted molar refractivity (Wildman–Crippen MR) is 75.5 cm³/mol. The van der Waals surface area contributed by atoms with Gasteiger partial charge >= 0.3 is 0 Å². The van der Waals surface area contributed by atoms with E-state index in [1.165, 1.54) is 11.3 Å². The van der Waals surface area contributed by atoms with Gasteiger partial charge < -0.3 is 14.8 Å². The lowest BCUT2D eigenvalue weighted by Crippen LogP contribution is -2.48. The minimum atomic E-state index is 0.00930. The highest BCUT2D eigenvalue weighted by Crippen LogP contribution is 2.26. The summed E-state index contributed by atoms with van der Waals surface area (Å²) in [6.45, 7) is 4.55. The van der Waals surface area contributed by atoms with Gasteiger partial charge in [-0.3, -0.25) is 4.79 Å². The number of rotatable bonds is 6. The lowest BCUT2D eigenvalue weighted by Gasteiger charge is -2.36. The average molecular weight is 283 g/mol. The lowest BCUT2D eigenvalue weighted by atomic mass is 9.89. The first-order chi connectivity index (χ1) is 9.10. The maximum absolute atomic E-state index is 12.1. The molecule has 0 saturated heterocycles. The summed E-state index contributed by atoms with van der Waals surface area (Å²) < 4.78 is 10.8. The third kappa shape index (κ3) is 3.78. The Bertz CT molecular complexity index is 424. The standard InChI is InChI=1S/C14H21NO3S/c1-9(2)18-12-6-11(7-12)15-14(16)13-10(8-17-3)4-5-19-13/h4-5,9,11-12H,6-8H2,1-3H3,(H,15,16). The predicted octanol–water partition coefficient (Wildman–Crippen LogP) is 2.58. The van der Waals surface area contributed by atoms with Crippen LogP contribution < -0.4 is 5.32 Å². The minimum absolute atomic E-state index is 0.00930. The molecule has 1 saturated carbocycles. The highest BCUT2D eigenvalue weighted by Gasteiger charge is 2.32. The molecule has 4 nitrogen and oxygen atoms in total. The van der Waals surface area contributed by atoms with E-state index in [0.717, 1.165) is 23.3 Å². The van der Waals surface area contributed by atoms with Crippen LogP contribution in [0.25, 0.3) is 0 Å². The summed E-state index contributed by atoms with van der Waals surface area (Å²) in [5.41, 5.74) is 0.958. The summed E-state index contributed by atoms with van der Waals surface area (Å²) in [4.78, 5) is 12.9. The summed E-state index contributed by atoms with van der Waals surface area (Å²) in [6.07, 6.45) is 2.38. The first kappa shape index (κ1) is 14.5. The molecule has 1 fully saturated rings. The molecule has 1 amide bonds. The summed E-state index contributed by atoms with van der Waals surface area (Å²) >= 11 is 1.46. The third-order valence-corrected chi connectivity index (χ3v) is 4.10. The van der Waals surface area contributed by atoms with E-state index in [4.69, 9.17) is 9.47 Å². The van der Waals surface area contributed by atoms with Crippen LogP contribution >= 0.6 is 11.3 Å². The fourth-order valence-electron chi connectivity index (χ4n) is 2.23. The monoisotopic (exact) mass is 283 g/mol. The van der Waals surface area contributed by atoms with E-state index >= 15 is 0 Å². The molecule has 2 rings (SSSR count). The van der Waals surface area contributed by atoms with Gasteiger partial charge in [0.1, 0.15) is 0 Å². The van der Waals surface area contributed by atoms with Gasteiger partial charge in [-0.2, -0.15) is 0 Å². The van der Waals surface area contributed by atoms with Gasteiger partial charge in [0.15, 0.2) is 0 Å². The Morgan fingerprint density at radius 1 is 1.53 bits per heavy atom. The first-order valence-electron chi connectivity index (χ1n) is 6.61. The average Bonchev–Trinajstić information content (AvgIpc) is 2.74. The molecule has 1 aliphatic carbocycles. The normalized spacial score (nSPS) is 22.3. The van der Waals surface area contributed by atoms with Gasteiger partial charge in [-0.05, 0) is 38.1 Å². The molecule has 1 aliphatic rings. The summed E-state index contributed by atoms with van der Waals surface area (Å²) in [5, 5.41) is 4.98. The Labute approximate surface area is 118 Å². The van der Waals surface area contributed by atoms with Crippen molar-refractivity contribution in [2.24, 2.45) is 0 Å².